The van der Waals surface area contributed by atoms with E-state index in [0.717, 1.165) is 37.1 Å². The Morgan fingerprint density at radius 2 is 1.67 bits per heavy atom. The van der Waals surface area contributed by atoms with Crippen LogP contribution in [-0.4, -0.2) is 13.1 Å². The van der Waals surface area contributed by atoms with E-state index in [1.807, 2.05) is 13.8 Å². The first kappa shape index (κ1) is 18.2. The molecule has 1 aromatic carbocycles. The van der Waals surface area contributed by atoms with Gasteiger partial charge in [-0.05, 0) is 86.4 Å². The van der Waals surface area contributed by atoms with Crippen LogP contribution in [0, 0.1) is 31.0 Å². The molecule has 0 bridgehead atoms. The van der Waals surface area contributed by atoms with Gasteiger partial charge >= 0.3 is 0 Å². The average molecular weight is 293 g/mol. The molecular weight excluding hydrogens is 261 g/mol. The Bertz CT molecular complexity index is 426. The van der Waals surface area contributed by atoms with Crippen LogP contribution in [0.15, 0.2) is 12.1 Å². The van der Waals surface area contributed by atoms with Crippen molar-refractivity contribution in [3.63, 3.8) is 0 Å². The molecule has 0 aliphatic rings. The summed E-state index contributed by atoms with van der Waals surface area (Å²) in [5, 5.41) is 3.52. The average Bonchev–Trinajstić information content (AvgIpc) is 2.33. The van der Waals surface area contributed by atoms with Gasteiger partial charge in [0.2, 0.25) is 0 Å². The van der Waals surface area contributed by atoms with Gasteiger partial charge in [0.15, 0.2) is 0 Å². The summed E-state index contributed by atoms with van der Waals surface area (Å²) in [6.45, 7) is 15.3. The van der Waals surface area contributed by atoms with Crippen LogP contribution in [0.25, 0.3) is 0 Å². The highest BCUT2D eigenvalue weighted by atomic mass is 19.1. The van der Waals surface area contributed by atoms with Crippen molar-refractivity contribution >= 4 is 0 Å². The molecule has 1 nitrogen and oxygen atoms in total. The topological polar surface area (TPSA) is 12.0 Å². The third-order valence-corrected chi connectivity index (χ3v) is 4.24. The molecule has 0 unspecified atom stereocenters. The zero-order valence-electron chi connectivity index (χ0n) is 14.6. The largest absolute Gasteiger partial charge is 0.316 e. The normalized spacial score (nSPS) is 12.2. The van der Waals surface area contributed by atoms with Crippen LogP contribution < -0.4 is 5.32 Å². The minimum absolute atomic E-state index is 0.120. The third kappa shape index (κ3) is 6.60. The summed E-state index contributed by atoms with van der Waals surface area (Å²) in [6, 6.07) is 3.30. The second kappa shape index (κ2) is 7.93. The molecule has 0 heterocycles. The predicted octanol–water partition coefficient (Wildman–Crippen LogP) is 5.04. The first-order valence-electron chi connectivity index (χ1n) is 8.17. The van der Waals surface area contributed by atoms with Crippen molar-refractivity contribution in [1.82, 2.24) is 5.32 Å². The maximum atomic E-state index is 13.3. The number of hydrogen-bond acceptors (Lipinski definition) is 1. The summed E-state index contributed by atoms with van der Waals surface area (Å²) in [5.41, 5.74) is 3.80. The van der Waals surface area contributed by atoms with E-state index in [1.165, 1.54) is 12.0 Å². The fourth-order valence-corrected chi connectivity index (χ4v) is 2.74. The SMILES string of the molecule is Cc1cc(F)cc(C)c1CCC(C)(C)CCNCC(C)C. The lowest BCUT2D eigenvalue weighted by molar-refractivity contribution is 0.299. The fourth-order valence-electron chi connectivity index (χ4n) is 2.74. The molecule has 0 aliphatic heterocycles. The lowest BCUT2D eigenvalue weighted by atomic mass is 9.82. The van der Waals surface area contributed by atoms with Crippen molar-refractivity contribution in [3.8, 4) is 0 Å². The molecule has 1 N–H and O–H groups in total. The number of hydrogen-bond donors (Lipinski definition) is 1. The fraction of sp³-hybridized carbons (Fsp3) is 0.684. The second-order valence-electron chi connectivity index (χ2n) is 7.53. The Hall–Kier alpha value is -0.890. The highest BCUT2D eigenvalue weighted by molar-refractivity contribution is 5.34. The van der Waals surface area contributed by atoms with E-state index >= 15 is 0 Å². The van der Waals surface area contributed by atoms with Crippen molar-refractivity contribution in [2.24, 2.45) is 11.3 Å². The summed E-state index contributed by atoms with van der Waals surface area (Å²) in [5.74, 6) is 0.587. The van der Waals surface area contributed by atoms with Gasteiger partial charge in [-0.25, -0.2) is 4.39 Å². The van der Waals surface area contributed by atoms with Gasteiger partial charge in [0.05, 0.1) is 0 Å². The van der Waals surface area contributed by atoms with Gasteiger partial charge in [0.25, 0.3) is 0 Å². The molecule has 0 aromatic heterocycles. The van der Waals surface area contributed by atoms with Gasteiger partial charge < -0.3 is 5.32 Å². The lowest BCUT2D eigenvalue weighted by Crippen LogP contribution is -2.26. The van der Waals surface area contributed by atoms with Crippen LogP contribution in [0.1, 0.15) is 57.2 Å². The maximum Gasteiger partial charge on any atom is 0.123 e. The molecule has 1 aromatic rings. The van der Waals surface area contributed by atoms with Crippen LogP contribution in [0.3, 0.4) is 0 Å². The first-order chi connectivity index (χ1) is 9.71. The van der Waals surface area contributed by atoms with Crippen LogP contribution in [0.2, 0.25) is 0 Å². The molecule has 0 aliphatic carbocycles. The Morgan fingerprint density at radius 3 is 2.19 bits per heavy atom. The number of rotatable bonds is 8. The predicted molar refractivity (Wildman–Crippen MR) is 90.3 cm³/mol. The van der Waals surface area contributed by atoms with Gasteiger partial charge in [-0.1, -0.05) is 27.7 Å². The van der Waals surface area contributed by atoms with E-state index in [-0.39, 0.29) is 5.82 Å². The minimum Gasteiger partial charge on any atom is -0.316 e. The molecule has 120 valence electrons. The number of halogens is 1. The molecule has 0 spiro atoms. The van der Waals surface area contributed by atoms with Gasteiger partial charge in [-0.15, -0.1) is 0 Å². The molecule has 0 saturated heterocycles. The van der Waals surface area contributed by atoms with Crippen molar-refractivity contribution in [2.45, 2.75) is 60.8 Å². The molecule has 0 radical (unpaired) electrons. The third-order valence-electron chi connectivity index (χ3n) is 4.24. The lowest BCUT2D eigenvalue weighted by Gasteiger charge is -2.26. The zero-order chi connectivity index (χ0) is 16.0. The van der Waals surface area contributed by atoms with Crippen LogP contribution in [0.5, 0.6) is 0 Å². The Balaban J connectivity index is 2.49. The minimum atomic E-state index is -0.120. The molecule has 1 rings (SSSR count). The van der Waals surface area contributed by atoms with Crippen molar-refractivity contribution in [3.05, 3.63) is 34.6 Å². The molecule has 0 fully saturated rings. The molecule has 21 heavy (non-hydrogen) atoms. The van der Waals surface area contributed by atoms with E-state index in [0.29, 0.717) is 11.3 Å². The van der Waals surface area contributed by atoms with Crippen LogP contribution in [-0.2, 0) is 6.42 Å². The number of benzene rings is 1. The van der Waals surface area contributed by atoms with Gasteiger partial charge in [0.1, 0.15) is 5.82 Å². The van der Waals surface area contributed by atoms with E-state index < -0.39 is 0 Å². The van der Waals surface area contributed by atoms with E-state index in [9.17, 15) is 4.39 Å². The highest BCUT2D eigenvalue weighted by Crippen LogP contribution is 2.28. The second-order valence-corrected chi connectivity index (χ2v) is 7.53. The molecular formula is C19H32FN. The summed E-state index contributed by atoms with van der Waals surface area (Å²) >= 11 is 0. The van der Waals surface area contributed by atoms with Gasteiger partial charge in [-0.2, -0.15) is 0 Å². The summed E-state index contributed by atoms with van der Waals surface area (Å²) < 4.78 is 13.3. The van der Waals surface area contributed by atoms with Crippen LogP contribution in [0.4, 0.5) is 4.39 Å². The Kier molecular flexibility index (Phi) is 6.86. The van der Waals surface area contributed by atoms with E-state index in [1.54, 1.807) is 12.1 Å². The Morgan fingerprint density at radius 1 is 1.10 bits per heavy atom. The summed E-state index contributed by atoms with van der Waals surface area (Å²) in [7, 11) is 0. The van der Waals surface area contributed by atoms with Gasteiger partial charge in [-0.3, -0.25) is 0 Å². The molecule has 0 amide bonds. The van der Waals surface area contributed by atoms with E-state index in [4.69, 9.17) is 0 Å². The summed E-state index contributed by atoms with van der Waals surface area (Å²) in [4.78, 5) is 0. The van der Waals surface area contributed by atoms with Gasteiger partial charge in [0, 0.05) is 0 Å². The zero-order valence-corrected chi connectivity index (χ0v) is 14.6. The highest BCUT2D eigenvalue weighted by Gasteiger charge is 2.18. The standard InChI is InChI=1S/C19H32FN/c1-14(2)13-21-10-9-19(5,6)8-7-18-15(3)11-17(20)12-16(18)4/h11-12,14,21H,7-10,13H2,1-6H3. The molecule has 0 atom stereocenters. The maximum absolute atomic E-state index is 13.3. The monoisotopic (exact) mass is 293 g/mol. The quantitative estimate of drug-likeness (QED) is 0.662. The van der Waals surface area contributed by atoms with Crippen molar-refractivity contribution < 1.29 is 4.39 Å². The Labute approximate surface area is 130 Å². The smallest absolute Gasteiger partial charge is 0.123 e. The molecule has 2 heteroatoms. The van der Waals surface area contributed by atoms with Crippen molar-refractivity contribution in [2.75, 3.05) is 13.1 Å². The summed E-state index contributed by atoms with van der Waals surface area (Å²) in [6.07, 6.45) is 3.36. The number of aryl methyl sites for hydroxylation is 2. The molecule has 0 saturated carbocycles. The van der Waals surface area contributed by atoms with Crippen LogP contribution >= 0.6 is 0 Å². The van der Waals surface area contributed by atoms with Crippen molar-refractivity contribution in [1.29, 1.82) is 0 Å². The number of nitrogens with one attached hydrogen (secondary N) is 1. The first-order valence-corrected chi connectivity index (χ1v) is 8.17. The van der Waals surface area contributed by atoms with E-state index in [2.05, 4.69) is 33.0 Å².